The predicted molar refractivity (Wildman–Crippen MR) is 91.4 cm³/mol. The summed E-state index contributed by atoms with van der Waals surface area (Å²) in [5, 5.41) is 3.30. The molecule has 1 aromatic heterocycles. The minimum Gasteiger partial charge on any atom is -0.308 e. The average molecular weight is 306 g/mol. The van der Waals surface area contributed by atoms with Crippen molar-refractivity contribution in [1.82, 2.24) is 10.3 Å². The average Bonchev–Trinajstić information content (AvgIpc) is 2.59. The molecule has 116 valence electrons. The molecule has 23 heavy (non-hydrogen) atoms. The standard InChI is InChI=1S/C20H19FN2/c1-15-18(13-22-12-17-9-5-6-10-20(17)21)11-19(14-23-15)16-7-3-2-4-8-16/h2-11,14,22H,12-13H2,1H3. The number of aryl methyl sites for hydroxylation is 1. The first kappa shape index (κ1) is 15.4. The molecule has 0 aliphatic carbocycles. The van der Waals surface area contributed by atoms with Crippen molar-refractivity contribution >= 4 is 0 Å². The van der Waals surface area contributed by atoms with E-state index in [2.05, 4.69) is 28.5 Å². The summed E-state index contributed by atoms with van der Waals surface area (Å²) < 4.78 is 13.6. The van der Waals surface area contributed by atoms with Crippen LogP contribution in [0.4, 0.5) is 4.39 Å². The maximum atomic E-state index is 13.6. The van der Waals surface area contributed by atoms with Gasteiger partial charge in [-0.05, 0) is 30.2 Å². The summed E-state index contributed by atoms with van der Waals surface area (Å²) in [6, 6.07) is 19.2. The molecule has 0 radical (unpaired) electrons. The number of rotatable bonds is 5. The maximum Gasteiger partial charge on any atom is 0.127 e. The van der Waals surface area contributed by atoms with Gasteiger partial charge in [0.2, 0.25) is 0 Å². The second-order valence-corrected chi connectivity index (χ2v) is 5.53. The molecule has 2 aromatic carbocycles. The van der Waals surface area contributed by atoms with Gasteiger partial charge in [-0.3, -0.25) is 4.98 Å². The van der Waals surface area contributed by atoms with E-state index in [0.717, 1.165) is 22.4 Å². The van der Waals surface area contributed by atoms with Gasteiger partial charge < -0.3 is 5.32 Å². The van der Waals surface area contributed by atoms with Crippen molar-refractivity contribution in [2.45, 2.75) is 20.0 Å². The molecule has 3 rings (SSSR count). The van der Waals surface area contributed by atoms with Gasteiger partial charge in [0, 0.05) is 36.1 Å². The summed E-state index contributed by atoms with van der Waals surface area (Å²) in [5.74, 6) is -0.173. The molecule has 0 bridgehead atoms. The van der Waals surface area contributed by atoms with Gasteiger partial charge in [0.25, 0.3) is 0 Å². The van der Waals surface area contributed by atoms with E-state index in [0.29, 0.717) is 18.7 Å². The summed E-state index contributed by atoms with van der Waals surface area (Å²) in [6.45, 7) is 3.16. The van der Waals surface area contributed by atoms with Crippen LogP contribution < -0.4 is 5.32 Å². The lowest BCUT2D eigenvalue weighted by Crippen LogP contribution is -2.15. The van der Waals surface area contributed by atoms with Crippen molar-refractivity contribution in [3.05, 3.63) is 89.5 Å². The molecular weight excluding hydrogens is 287 g/mol. The Labute approximate surface area is 136 Å². The Morgan fingerprint density at radius 3 is 2.35 bits per heavy atom. The van der Waals surface area contributed by atoms with Crippen molar-refractivity contribution in [3.8, 4) is 11.1 Å². The molecule has 1 N–H and O–H groups in total. The van der Waals surface area contributed by atoms with Gasteiger partial charge in [-0.2, -0.15) is 0 Å². The topological polar surface area (TPSA) is 24.9 Å². The van der Waals surface area contributed by atoms with Crippen LogP contribution in [0.3, 0.4) is 0 Å². The Morgan fingerprint density at radius 2 is 1.57 bits per heavy atom. The van der Waals surface area contributed by atoms with Crippen LogP contribution in [0.15, 0.2) is 66.9 Å². The van der Waals surface area contributed by atoms with Crippen LogP contribution in [0.1, 0.15) is 16.8 Å². The molecule has 0 saturated carbocycles. The van der Waals surface area contributed by atoms with E-state index in [-0.39, 0.29) is 5.82 Å². The van der Waals surface area contributed by atoms with Crippen LogP contribution in [0.5, 0.6) is 0 Å². The summed E-state index contributed by atoms with van der Waals surface area (Å²) in [5.41, 5.74) is 5.04. The first-order valence-electron chi connectivity index (χ1n) is 7.69. The van der Waals surface area contributed by atoms with Crippen molar-refractivity contribution in [1.29, 1.82) is 0 Å². The third-order valence-electron chi connectivity index (χ3n) is 3.89. The Hall–Kier alpha value is -2.52. The molecule has 0 aliphatic rings. The van der Waals surface area contributed by atoms with Crippen molar-refractivity contribution < 1.29 is 4.39 Å². The molecule has 3 heteroatoms. The molecule has 1 heterocycles. The van der Waals surface area contributed by atoms with E-state index in [1.807, 2.05) is 37.4 Å². The van der Waals surface area contributed by atoms with Gasteiger partial charge in [-0.15, -0.1) is 0 Å². The number of nitrogens with zero attached hydrogens (tertiary/aromatic N) is 1. The van der Waals surface area contributed by atoms with Crippen LogP contribution in [0.25, 0.3) is 11.1 Å². The van der Waals surface area contributed by atoms with Gasteiger partial charge in [0.05, 0.1) is 0 Å². The summed E-state index contributed by atoms with van der Waals surface area (Å²) in [7, 11) is 0. The largest absolute Gasteiger partial charge is 0.308 e. The number of aromatic nitrogens is 1. The van der Waals surface area contributed by atoms with E-state index in [1.165, 1.54) is 6.07 Å². The Kier molecular flexibility index (Phi) is 4.79. The summed E-state index contributed by atoms with van der Waals surface area (Å²) in [6.07, 6.45) is 1.89. The minimum atomic E-state index is -0.173. The van der Waals surface area contributed by atoms with E-state index in [1.54, 1.807) is 12.1 Å². The fourth-order valence-corrected chi connectivity index (χ4v) is 2.52. The number of halogens is 1. The summed E-state index contributed by atoms with van der Waals surface area (Å²) in [4.78, 5) is 4.48. The maximum absolute atomic E-state index is 13.6. The Morgan fingerprint density at radius 1 is 0.870 bits per heavy atom. The monoisotopic (exact) mass is 306 g/mol. The van der Waals surface area contributed by atoms with Gasteiger partial charge in [-0.25, -0.2) is 4.39 Å². The van der Waals surface area contributed by atoms with Gasteiger partial charge in [-0.1, -0.05) is 48.5 Å². The first-order chi connectivity index (χ1) is 11.2. The SMILES string of the molecule is Cc1ncc(-c2ccccc2)cc1CNCc1ccccc1F. The number of benzene rings is 2. The van der Waals surface area contributed by atoms with Crippen molar-refractivity contribution in [2.24, 2.45) is 0 Å². The molecular formula is C20H19FN2. The predicted octanol–water partition coefficient (Wildman–Crippen LogP) is 4.49. The zero-order valence-electron chi connectivity index (χ0n) is 13.1. The number of hydrogen-bond donors (Lipinski definition) is 1. The fourth-order valence-electron chi connectivity index (χ4n) is 2.52. The molecule has 0 atom stereocenters. The van der Waals surface area contributed by atoms with Crippen LogP contribution in [0.2, 0.25) is 0 Å². The normalized spacial score (nSPS) is 10.7. The number of pyridine rings is 1. The molecule has 0 amide bonds. The van der Waals surface area contributed by atoms with Crippen LogP contribution >= 0.6 is 0 Å². The van der Waals surface area contributed by atoms with Crippen LogP contribution in [-0.2, 0) is 13.1 Å². The third kappa shape index (κ3) is 3.82. The van der Waals surface area contributed by atoms with Crippen LogP contribution in [-0.4, -0.2) is 4.98 Å². The van der Waals surface area contributed by atoms with Crippen molar-refractivity contribution in [3.63, 3.8) is 0 Å². The molecule has 0 unspecified atom stereocenters. The lowest BCUT2D eigenvalue weighted by atomic mass is 10.0. The summed E-state index contributed by atoms with van der Waals surface area (Å²) >= 11 is 0. The highest BCUT2D eigenvalue weighted by atomic mass is 19.1. The lowest BCUT2D eigenvalue weighted by Gasteiger charge is -2.10. The minimum absolute atomic E-state index is 0.173. The highest BCUT2D eigenvalue weighted by molar-refractivity contribution is 5.63. The van der Waals surface area contributed by atoms with E-state index in [9.17, 15) is 4.39 Å². The Balaban J connectivity index is 1.72. The zero-order chi connectivity index (χ0) is 16.1. The second-order valence-electron chi connectivity index (χ2n) is 5.53. The fraction of sp³-hybridized carbons (Fsp3) is 0.150. The van der Waals surface area contributed by atoms with E-state index < -0.39 is 0 Å². The highest BCUT2D eigenvalue weighted by Gasteiger charge is 2.05. The number of nitrogens with one attached hydrogen (secondary N) is 1. The number of hydrogen-bond acceptors (Lipinski definition) is 2. The van der Waals surface area contributed by atoms with Crippen LogP contribution in [0, 0.1) is 12.7 Å². The molecule has 0 spiro atoms. The first-order valence-corrected chi connectivity index (χ1v) is 7.69. The molecule has 0 fully saturated rings. The van der Waals surface area contributed by atoms with Gasteiger partial charge in [0.1, 0.15) is 5.82 Å². The highest BCUT2D eigenvalue weighted by Crippen LogP contribution is 2.20. The van der Waals surface area contributed by atoms with Crippen molar-refractivity contribution in [2.75, 3.05) is 0 Å². The molecule has 0 saturated heterocycles. The van der Waals surface area contributed by atoms with E-state index >= 15 is 0 Å². The molecule has 3 aromatic rings. The smallest absolute Gasteiger partial charge is 0.127 e. The Bertz CT molecular complexity index is 785. The third-order valence-corrected chi connectivity index (χ3v) is 3.89. The van der Waals surface area contributed by atoms with Gasteiger partial charge >= 0.3 is 0 Å². The van der Waals surface area contributed by atoms with Gasteiger partial charge in [0.15, 0.2) is 0 Å². The van der Waals surface area contributed by atoms with E-state index in [4.69, 9.17) is 0 Å². The molecule has 0 aliphatic heterocycles. The second kappa shape index (κ2) is 7.16. The molecule has 2 nitrogen and oxygen atoms in total. The zero-order valence-corrected chi connectivity index (χ0v) is 13.1. The lowest BCUT2D eigenvalue weighted by molar-refractivity contribution is 0.587. The quantitative estimate of drug-likeness (QED) is 0.751.